The van der Waals surface area contributed by atoms with Crippen molar-refractivity contribution >= 4 is 32.2 Å². The van der Waals surface area contributed by atoms with Crippen molar-refractivity contribution in [1.82, 2.24) is 29.6 Å². The Morgan fingerprint density at radius 2 is 1.83 bits per heavy atom. The number of pyridine rings is 3. The highest BCUT2D eigenvalue weighted by atomic mass is 32.2. The Bertz CT molecular complexity index is 1790. The molecule has 3 aliphatic heterocycles. The number of likely N-dealkylation sites (N-methyl/N-ethyl adjacent to an activating group) is 1. The number of piperazine rings is 1. The summed E-state index contributed by atoms with van der Waals surface area (Å²) in [5, 5.41) is 5.75. The van der Waals surface area contributed by atoms with Crippen molar-refractivity contribution in [2.45, 2.75) is 38.4 Å². The van der Waals surface area contributed by atoms with Gasteiger partial charge in [-0.15, -0.1) is 0 Å². The number of rotatable bonds is 7. The molecule has 11 nitrogen and oxygen atoms in total. The average molecular weight is 589 g/mol. The van der Waals surface area contributed by atoms with Crippen molar-refractivity contribution < 1.29 is 13.2 Å². The molecule has 0 spiro atoms. The van der Waals surface area contributed by atoms with Gasteiger partial charge in [-0.05, 0) is 39.4 Å². The van der Waals surface area contributed by atoms with Crippen LogP contribution in [0.3, 0.4) is 0 Å². The molecule has 0 saturated carbocycles. The fraction of sp³-hybridized carbons (Fsp3) is 0.467. The highest BCUT2D eigenvalue weighted by molar-refractivity contribution is 7.90. The molecule has 12 heteroatoms. The Morgan fingerprint density at radius 1 is 1.02 bits per heavy atom. The van der Waals surface area contributed by atoms with E-state index in [-0.39, 0.29) is 17.7 Å². The van der Waals surface area contributed by atoms with E-state index in [1.54, 1.807) is 19.5 Å². The molecule has 7 heterocycles. The van der Waals surface area contributed by atoms with Crippen LogP contribution < -0.4 is 14.5 Å². The van der Waals surface area contributed by atoms with Crippen molar-refractivity contribution in [3.05, 3.63) is 48.5 Å². The Hall–Kier alpha value is -3.77. The number of aromatic nitrogens is 5. The van der Waals surface area contributed by atoms with E-state index in [2.05, 4.69) is 45.8 Å². The van der Waals surface area contributed by atoms with E-state index in [0.29, 0.717) is 24.4 Å². The number of aryl methyl sites for hydroxylation is 1. The second-order valence-corrected chi connectivity index (χ2v) is 14.3. The smallest absolute Gasteiger partial charge is 0.158 e. The quantitative estimate of drug-likeness (QED) is 0.320. The topological polar surface area (TPSA) is 110 Å². The fourth-order valence-corrected chi connectivity index (χ4v) is 8.08. The molecule has 3 saturated heterocycles. The van der Waals surface area contributed by atoms with Crippen molar-refractivity contribution in [2.24, 2.45) is 5.92 Å². The highest BCUT2D eigenvalue weighted by Gasteiger charge is 2.43. The minimum Gasteiger partial charge on any atom is -0.496 e. The summed E-state index contributed by atoms with van der Waals surface area (Å²) in [5.74, 6) is 2.67. The molecule has 0 amide bonds. The molecule has 7 rings (SSSR count). The maximum atomic E-state index is 12.0. The zero-order valence-corrected chi connectivity index (χ0v) is 25.4. The number of methoxy groups -OCH3 is 1. The van der Waals surface area contributed by atoms with E-state index in [1.165, 1.54) is 6.26 Å². The van der Waals surface area contributed by atoms with Crippen LogP contribution in [0, 0.1) is 12.8 Å². The van der Waals surface area contributed by atoms with Gasteiger partial charge in [-0.1, -0.05) is 0 Å². The molecular formula is C30H36N8O3S. The van der Waals surface area contributed by atoms with Gasteiger partial charge in [0.15, 0.2) is 5.82 Å². The second kappa shape index (κ2) is 9.91. The summed E-state index contributed by atoms with van der Waals surface area (Å²) >= 11 is 0. The minimum absolute atomic E-state index is 0.104. The van der Waals surface area contributed by atoms with E-state index in [9.17, 15) is 8.42 Å². The minimum atomic E-state index is -3.04. The first-order chi connectivity index (χ1) is 20.1. The molecular weight excluding hydrogens is 552 g/mol. The maximum absolute atomic E-state index is 12.0. The zero-order chi connectivity index (χ0) is 29.3. The van der Waals surface area contributed by atoms with Gasteiger partial charge in [-0.3, -0.25) is 14.9 Å². The summed E-state index contributed by atoms with van der Waals surface area (Å²) in [5.41, 5.74) is 4.35. The molecule has 4 atom stereocenters. The molecule has 3 fully saturated rings. The first-order valence-corrected chi connectivity index (χ1v) is 16.4. The van der Waals surface area contributed by atoms with Crippen LogP contribution in [-0.4, -0.2) is 102 Å². The number of fused-ring (bicyclic) bond motifs is 3. The highest BCUT2D eigenvalue weighted by Crippen LogP contribution is 2.39. The molecule has 42 heavy (non-hydrogen) atoms. The van der Waals surface area contributed by atoms with Crippen LogP contribution in [0.5, 0.6) is 5.75 Å². The van der Waals surface area contributed by atoms with Gasteiger partial charge in [-0.2, -0.15) is 5.10 Å². The number of ether oxygens (including phenoxy) is 1. The molecule has 0 radical (unpaired) electrons. The summed E-state index contributed by atoms with van der Waals surface area (Å²) in [6.45, 7) is 6.75. The van der Waals surface area contributed by atoms with Crippen molar-refractivity contribution in [3.8, 4) is 22.8 Å². The van der Waals surface area contributed by atoms with Gasteiger partial charge in [0, 0.05) is 91.2 Å². The Kier molecular flexibility index (Phi) is 6.39. The third-order valence-electron chi connectivity index (χ3n) is 9.30. The number of anilines is 2. The van der Waals surface area contributed by atoms with Crippen LogP contribution in [0.4, 0.5) is 11.5 Å². The van der Waals surface area contributed by atoms with Crippen LogP contribution in [0.15, 0.2) is 42.9 Å². The van der Waals surface area contributed by atoms with E-state index in [1.807, 2.05) is 29.9 Å². The largest absolute Gasteiger partial charge is 0.496 e. The Balaban J connectivity index is 1.33. The van der Waals surface area contributed by atoms with E-state index in [0.717, 1.165) is 64.7 Å². The molecule has 4 aromatic heterocycles. The lowest BCUT2D eigenvalue weighted by atomic mass is 9.91. The van der Waals surface area contributed by atoms with Crippen LogP contribution in [0.2, 0.25) is 0 Å². The summed E-state index contributed by atoms with van der Waals surface area (Å²) in [7, 11) is 0.796. The summed E-state index contributed by atoms with van der Waals surface area (Å²) in [4.78, 5) is 21.5. The Labute approximate surface area is 246 Å². The molecule has 0 aromatic carbocycles. The summed E-state index contributed by atoms with van der Waals surface area (Å²) in [6, 6.07) is 9.15. The number of nitrogens with zero attached hydrogens (tertiary/aromatic N) is 8. The first-order valence-electron chi connectivity index (χ1n) is 14.4. The monoisotopic (exact) mass is 588 g/mol. The van der Waals surface area contributed by atoms with Gasteiger partial charge in [0.2, 0.25) is 0 Å². The summed E-state index contributed by atoms with van der Waals surface area (Å²) < 4.78 is 31.5. The van der Waals surface area contributed by atoms with Gasteiger partial charge >= 0.3 is 0 Å². The van der Waals surface area contributed by atoms with Crippen LogP contribution in [0.1, 0.15) is 19.0 Å². The summed E-state index contributed by atoms with van der Waals surface area (Å²) in [6.07, 6.45) is 7.77. The van der Waals surface area contributed by atoms with Crippen LogP contribution in [-0.2, 0) is 9.84 Å². The van der Waals surface area contributed by atoms with Crippen molar-refractivity contribution in [1.29, 1.82) is 0 Å². The fourth-order valence-electron chi connectivity index (χ4n) is 6.92. The van der Waals surface area contributed by atoms with E-state index in [4.69, 9.17) is 19.8 Å². The average Bonchev–Trinajstić information content (AvgIpc) is 3.68. The molecule has 0 unspecified atom stereocenters. The number of likely N-dealkylation sites (tertiary alicyclic amines) is 1. The third-order valence-corrected chi connectivity index (χ3v) is 10.3. The lowest BCUT2D eigenvalue weighted by Gasteiger charge is -2.48. The van der Waals surface area contributed by atoms with Crippen LogP contribution in [0.25, 0.3) is 28.0 Å². The predicted molar refractivity (Wildman–Crippen MR) is 163 cm³/mol. The Morgan fingerprint density at radius 3 is 2.52 bits per heavy atom. The van der Waals surface area contributed by atoms with Crippen molar-refractivity contribution in [3.63, 3.8) is 0 Å². The van der Waals surface area contributed by atoms with Crippen molar-refractivity contribution in [2.75, 3.05) is 55.6 Å². The van der Waals surface area contributed by atoms with Gasteiger partial charge < -0.3 is 14.5 Å². The lowest BCUT2D eigenvalue weighted by Crippen LogP contribution is -2.57. The van der Waals surface area contributed by atoms with E-state index < -0.39 is 9.84 Å². The predicted octanol–water partition coefficient (Wildman–Crippen LogP) is 2.96. The van der Waals surface area contributed by atoms with Crippen LogP contribution >= 0.6 is 0 Å². The SMILES string of the molecule is COc1ccncc1-c1cc2c(cnn2-c2cc(N3C[C@H](CS(C)(=O)=O)[C@H]3C)cc(N3C[C@@H]4C[C@H]3CN4C)n2)c(C)n1. The maximum Gasteiger partial charge on any atom is 0.158 e. The van der Waals surface area contributed by atoms with Gasteiger partial charge in [0.25, 0.3) is 0 Å². The molecule has 4 aromatic rings. The normalized spacial score (nSPS) is 24.0. The van der Waals surface area contributed by atoms with Gasteiger partial charge in [0.05, 0.1) is 35.8 Å². The molecule has 0 aliphatic carbocycles. The zero-order valence-electron chi connectivity index (χ0n) is 24.6. The van der Waals surface area contributed by atoms with Gasteiger partial charge in [-0.25, -0.2) is 18.1 Å². The lowest BCUT2D eigenvalue weighted by molar-refractivity contribution is 0.292. The third kappa shape index (κ3) is 4.57. The first kappa shape index (κ1) is 27.1. The second-order valence-electron chi connectivity index (χ2n) is 12.1. The number of sulfone groups is 1. The molecule has 220 valence electrons. The van der Waals surface area contributed by atoms with E-state index >= 15 is 0 Å². The van der Waals surface area contributed by atoms with Gasteiger partial charge in [0.1, 0.15) is 21.4 Å². The molecule has 0 N–H and O–H groups in total. The number of hydrogen-bond donors (Lipinski definition) is 0. The molecule has 2 bridgehead atoms. The number of hydrogen-bond acceptors (Lipinski definition) is 10. The molecule has 3 aliphatic rings. The standard InChI is InChI=1S/C30H36N8O3S/c1-18-24-13-32-38(27(24)11-26(33-18)25-12-31-7-6-28(25)41-4)30-10-21(36-14-20(19(36)2)17-42(5,39)40)9-29(34-30)37-16-22-8-23(37)15-35(22)3/h6-7,9-13,19-20,22-23H,8,14-17H2,1-5H3/t19-,20-,22+,23+/m1/s1.